The van der Waals surface area contributed by atoms with Crippen LogP contribution in [0.25, 0.3) is 5.69 Å². The van der Waals surface area contributed by atoms with E-state index >= 15 is 0 Å². The van der Waals surface area contributed by atoms with Crippen LogP contribution in [0.4, 0.5) is 13.2 Å². The number of carbonyl (C=O) groups is 1. The topological polar surface area (TPSA) is 102 Å². The number of ether oxygens (including phenoxy) is 1. The molecular weight excluding hydrogens is 559 g/mol. The third-order valence-electron chi connectivity index (χ3n) is 8.53. The number of nitrogens with two attached hydrogens (primary N) is 1. The molecule has 224 valence electrons. The monoisotopic (exact) mass is 591 g/mol. The molecule has 43 heavy (non-hydrogen) atoms. The van der Waals surface area contributed by atoms with Gasteiger partial charge in [0.25, 0.3) is 5.82 Å². The van der Waals surface area contributed by atoms with Gasteiger partial charge in [-0.25, -0.2) is 0 Å². The summed E-state index contributed by atoms with van der Waals surface area (Å²) in [4.78, 5) is 17.1. The Morgan fingerprint density at radius 2 is 1.67 bits per heavy atom. The zero-order valence-electron chi connectivity index (χ0n) is 23.6. The molecule has 0 unspecified atom stereocenters. The quantitative estimate of drug-likeness (QED) is 0.332. The molecule has 2 N–H and O–H groups in total. The first-order valence-corrected chi connectivity index (χ1v) is 14.1. The van der Waals surface area contributed by atoms with E-state index in [4.69, 9.17) is 10.5 Å². The molecule has 0 aliphatic carbocycles. The number of alkyl halides is 3. The predicted octanol–water partition coefficient (Wildman–Crippen LogP) is 3.88. The van der Waals surface area contributed by atoms with E-state index in [0.29, 0.717) is 48.6 Å². The van der Waals surface area contributed by atoms with Gasteiger partial charge in [0, 0.05) is 49.7 Å². The van der Waals surface area contributed by atoms with Crippen molar-refractivity contribution in [2.24, 2.45) is 11.7 Å². The Bertz CT molecular complexity index is 1530. The highest BCUT2D eigenvalue weighted by Gasteiger charge is 2.46. The van der Waals surface area contributed by atoms with Crippen LogP contribution in [-0.2, 0) is 17.5 Å². The standard InChI is InChI=1S/C31H32F3N7O2/c1-43-27-13-12-24(41-30(31(32,33)34)36-37-38-41)14-22(27)16-39-18-25-15-23(29(35)42)17-40(25)26(19-39)28(20-8-4-2-5-9-20)21-10-6-3-7-11-21/h2-14,23,25-26,28H,15-19H2,1H3,(H2,35,42)/t23-,25-,26-/m0/s1. The Kier molecular flexibility index (Phi) is 7.89. The minimum atomic E-state index is -4.71. The number of tetrazole rings is 1. The van der Waals surface area contributed by atoms with Crippen LogP contribution in [0.5, 0.6) is 5.75 Å². The van der Waals surface area contributed by atoms with Crippen LogP contribution in [0.3, 0.4) is 0 Å². The second-order valence-corrected chi connectivity index (χ2v) is 11.2. The molecule has 3 atom stereocenters. The summed E-state index contributed by atoms with van der Waals surface area (Å²) < 4.78 is 47.0. The van der Waals surface area contributed by atoms with Gasteiger partial charge in [-0.2, -0.15) is 17.9 Å². The van der Waals surface area contributed by atoms with Crippen LogP contribution in [0, 0.1) is 5.92 Å². The van der Waals surface area contributed by atoms with E-state index in [1.54, 1.807) is 12.1 Å². The highest BCUT2D eigenvalue weighted by molar-refractivity contribution is 5.77. The number of nitrogens with zero attached hydrogens (tertiary/aromatic N) is 6. The van der Waals surface area contributed by atoms with Crippen molar-refractivity contribution in [1.29, 1.82) is 0 Å². The van der Waals surface area contributed by atoms with Gasteiger partial charge in [0.05, 0.1) is 18.7 Å². The Morgan fingerprint density at radius 1 is 1.00 bits per heavy atom. The lowest BCUT2D eigenvalue weighted by Crippen LogP contribution is -2.58. The summed E-state index contributed by atoms with van der Waals surface area (Å²) in [5.74, 6) is -1.18. The van der Waals surface area contributed by atoms with E-state index in [1.807, 2.05) is 36.4 Å². The lowest BCUT2D eigenvalue weighted by atomic mass is 9.82. The van der Waals surface area contributed by atoms with Crippen LogP contribution in [-0.4, -0.2) is 74.7 Å². The molecule has 0 bridgehead atoms. The van der Waals surface area contributed by atoms with Crippen LogP contribution in [0.2, 0.25) is 0 Å². The molecule has 3 aromatic carbocycles. The maximum Gasteiger partial charge on any atom is 0.453 e. The van der Waals surface area contributed by atoms with Gasteiger partial charge in [-0.3, -0.25) is 14.6 Å². The van der Waals surface area contributed by atoms with Crippen molar-refractivity contribution in [3.63, 3.8) is 0 Å². The molecule has 12 heteroatoms. The van der Waals surface area contributed by atoms with Crippen molar-refractivity contribution in [1.82, 2.24) is 30.0 Å². The van der Waals surface area contributed by atoms with Crippen LogP contribution in [0.1, 0.15) is 34.9 Å². The number of piperazine rings is 1. The molecule has 1 aromatic heterocycles. The predicted molar refractivity (Wildman–Crippen MR) is 152 cm³/mol. The largest absolute Gasteiger partial charge is 0.496 e. The van der Waals surface area contributed by atoms with Gasteiger partial charge in [0.2, 0.25) is 5.91 Å². The lowest BCUT2D eigenvalue weighted by molar-refractivity contribution is -0.146. The Hall–Kier alpha value is -4.29. The molecule has 2 aliphatic heterocycles. The van der Waals surface area contributed by atoms with Gasteiger partial charge in [0.15, 0.2) is 0 Å². The number of benzene rings is 3. The van der Waals surface area contributed by atoms with Crippen molar-refractivity contribution < 1.29 is 22.7 Å². The van der Waals surface area contributed by atoms with Crippen LogP contribution >= 0.6 is 0 Å². The minimum Gasteiger partial charge on any atom is -0.496 e. The number of carbonyl (C=O) groups excluding carboxylic acids is 1. The summed E-state index contributed by atoms with van der Waals surface area (Å²) in [6.07, 6.45) is -4.06. The number of rotatable bonds is 8. The van der Waals surface area contributed by atoms with Crippen molar-refractivity contribution in [2.75, 3.05) is 26.7 Å². The number of methoxy groups -OCH3 is 1. The molecule has 6 rings (SSSR count). The minimum absolute atomic E-state index is 0.0124. The fourth-order valence-electron chi connectivity index (χ4n) is 6.66. The maximum atomic E-state index is 13.6. The Labute approximate surface area is 247 Å². The van der Waals surface area contributed by atoms with E-state index in [0.717, 1.165) is 0 Å². The molecule has 2 fully saturated rings. The average molecular weight is 592 g/mol. The fourth-order valence-corrected chi connectivity index (χ4v) is 6.66. The number of primary amides is 1. The number of halogens is 3. The highest BCUT2D eigenvalue weighted by Crippen LogP contribution is 2.40. The molecule has 0 spiro atoms. The first kappa shape index (κ1) is 28.8. The molecular formula is C31H32F3N7O2. The Balaban J connectivity index is 1.37. The second kappa shape index (κ2) is 11.8. The number of hydrogen-bond acceptors (Lipinski definition) is 7. The molecule has 0 saturated carbocycles. The van der Waals surface area contributed by atoms with Crippen LogP contribution < -0.4 is 10.5 Å². The summed E-state index contributed by atoms with van der Waals surface area (Å²) in [5.41, 5.74) is 9.03. The summed E-state index contributed by atoms with van der Waals surface area (Å²) >= 11 is 0. The van der Waals surface area contributed by atoms with Gasteiger partial charge in [-0.1, -0.05) is 60.7 Å². The molecule has 4 aromatic rings. The molecule has 2 saturated heterocycles. The smallest absolute Gasteiger partial charge is 0.453 e. The molecule has 2 aliphatic rings. The number of aromatic nitrogens is 4. The molecule has 9 nitrogen and oxygen atoms in total. The summed E-state index contributed by atoms with van der Waals surface area (Å²) in [6, 6.07) is 25.5. The van der Waals surface area contributed by atoms with Crippen molar-refractivity contribution in [3.05, 3.63) is 101 Å². The summed E-state index contributed by atoms with van der Waals surface area (Å²) in [5, 5.41) is 10.0. The van der Waals surface area contributed by atoms with Crippen molar-refractivity contribution in [2.45, 2.75) is 37.1 Å². The highest BCUT2D eigenvalue weighted by atomic mass is 19.4. The van der Waals surface area contributed by atoms with E-state index in [9.17, 15) is 18.0 Å². The zero-order valence-corrected chi connectivity index (χ0v) is 23.6. The molecule has 3 heterocycles. The number of fused-ring (bicyclic) bond motifs is 1. The van der Waals surface area contributed by atoms with E-state index in [1.165, 1.54) is 24.3 Å². The first-order chi connectivity index (χ1) is 20.7. The van der Waals surface area contributed by atoms with E-state index < -0.39 is 12.0 Å². The first-order valence-electron chi connectivity index (χ1n) is 14.1. The second-order valence-electron chi connectivity index (χ2n) is 11.2. The normalized spacial score (nSPS) is 21.2. The van der Waals surface area contributed by atoms with Crippen molar-refractivity contribution >= 4 is 5.91 Å². The van der Waals surface area contributed by atoms with E-state index in [-0.39, 0.29) is 35.5 Å². The zero-order chi connectivity index (χ0) is 30.1. The van der Waals surface area contributed by atoms with Gasteiger partial charge in [-0.15, -0.1) is 5.10 Å². The number of amides is 1. The van der Waals surface area contributed by atoms with Gasteiger partial charge in [-0.05, 0) is 46.2 Å². The van der Waals surface area contributed by atoms with Crippen LogP contribution in [0.15, 0.2) is 78.9 Å². The molecule has 1 amide bonds. The van der Waals surface area contributed by atoms with Gasteiger partial charge >= 0.3 is 6.18 Å². The summed E-state index contributed by atoms with van der Waals surface area (Å²) in [6.45, 7) is 2.33. The summed E-state index contributed by atoms with van der Waals surface area (Å²) in [7, 11) is 1.53. The third-order valence-corrected chi connectivity index (χ3v) is 8.53. The van der Waals surface area contributed by atoms with Gasteiger partial charge < -0.3 is 10.5 Å². The maximum absolute atomic E-state index is 13.6. The SMILES string of the molecule is COc1ccc(-n2nnnc2C(F)(F)F)cc1CN1C[C@@H]2C[C@H](C(N)=O)CN2[C@H](C(c2ccccc2)c2ccccc2)C1. The average Bonchev–Trinajstić information content (AvgIpc) is 3.67. The lowest BCUT2D eigenvalue weighted by Gasteiger charge is -2.47. The third kappa shape index (κ3) is 5.84. The van der Waals surface area contributed by atoms with E-state index in [2.05, 4.69) is 49.6 Å². The fraction of sp³-hybridized carbons (Fsp3) is 0.355. The molecule has 0 radical (unpaired) electrons. The Morgan fingerprint density at radius 3 is 2.28 bits per heavy atom. The van der Waals surface area contributed by atoms with Gasteiger partial charge in [0.1, 0.15) is 5.75 Å². The van der Waals surface area contributed by atoms with Crippen molar-refractivity contribution in [3.8, 4) is 11.4 Å². The number of hydrogen-bond donors (Lipinski definition) is 1.